The quantitative estimate of drug-likeness (QED) is 0.605. The molecule has 0 fully saturated rings. The first kappa shape index (κ1) is 14.2. The number of benzene rings is 1. The molecule has 0 saturated heterocycles. The van der Waals surface area contributed by atoms with E-state index in [1.165, 1.54) is 6.26 Å². The van der Waals surface area contributed by atoms with E-state index in [0.29, 0.717) is 12.1 Å². The Morgan fingerprint density at radius 1 is 0.944 bits per heavy atom. The Labute approximate surface area is 97.4 Å². The van der Waals surface area contributed by atoms with Crippen molar-refractivity contribution in [3.05, 3.63) is 29.8 Å². The number of alkyl halides is 6. The van der Waals surface area contributed by atoms with Crippen molar-refractivity contribution in [3.63, 3.8) is 0 Å². The lowest BCUT2D eigenvalue weighted by Crippen LogP contribution is -2.34. The van der Waals surface area contributed by atoms with E-state index < -0.39 is 23.8 Å². The van der Waals surface area contributed by atoms with Gasteiger partial charge in [-0.15, -0.1) is 5.26 Å². The van der Waals surface area contributed by atoms with Crippen molar-refractivity contribution in [2.45, 2.75) is 18.3 Å². The van der Waals surface area contributed by atoms with Gasteiger partial charge in [0.2, 0.25) is 0 Å². The monoisotopic (exact) mass is 269 g/mol. The van der Waals surface area contributed by atoms with Crippen molar-refractivity contribution >= 4 is 0 Å². The Bertz CT molecular complexity index is 427. The van der Waals surface area contributed by atoms with Crippen molar-refractivity contribution in [1.29, 1.82) is 5.26 Å². The zero-order chi connectivity index (χ0) is 14.0. The molecule has 0 aromatic heterocycles. The molecule has 0 saturated carbocycles. The highest BCUT2D eigenvalue weighted by molar-refractivity contribution is 5.31. The summed E-state index contributed by atoms with van der Waals surface area (Å²) in [5, 5.41) is 8.12. The molecule has 18 heavy (non-hydrogen) atoms. The fraction of sp³-hybridized carbons (Fsp3) is 0.300. The molecule has 0 N–H and O–H groups in total. The molecule has 0 bridgehead atoms. The van der Waals surface area contributed by atoms with E-state index in [4.69, 9.17) is 5.26 Å². The van der Waals surface area contributed by atoms with Crippen molar-refractivity contribution in [2.75, 3.05) is 0 Å². The van der Waals surface area contributed by atoms with Crippen LogP contribution < -0.4 is 4.74 Å². The molecular weight excluding hydrogens is 264 g/mol. The van der Waals surface area contributed by atoms with E-state index in [1.807, 2.05) is 0 Å². The van der Waals surface area contributed by atoms with E-state index in [0.717, 1.165) is 12.1 Å². The van der Waals surface area contributed by atoms with Crippen LogP contribution in [0.4, 0.5) is 26.3 Å². The molecule has 2 nitrogen and oxygen atoms in total. The molecule has 0 atom stereocenters. The van der Waals surface area contributed by atoms with Crippen molar-refractivity contribution < 1.29 is 31.1 Å². The fourth-order valence-electron chi connectivity index (χ4n) is 1.34. The van der Waals surface area contributed by atoms with Crippen LogP contribution in [0.2, 0.25) is 0 Å². The molecule has 0 spiro atoms. The Balaban J connectivity index is 3.12. The summed E-state index contributed by atoms with van der Waals surface area (Å²) in [5.74, 6) is -3.69. The maximum Gasteiger partial charge on any atom is 0.404 e. The molecule has 0 radical (unpaired) electrons. The van der Waals surface area contributed by atoms with Crippen LogP contribution in [0, 0.1) is 11.5 Å². The highest BCUT2D eigenvalue weighted by Crippen LogP contribution is 2.46. The number of rotatable bonds is 2. The number of hydrogen-bond acceptors (Lipinski definition) is 2. The highest BCUT2D eigenvalue weighted by Gasteiger charge is 2.57. The van der Waals surface area contributed by atoms with Gasteiger partial charge in [0.1, 0.15) is 5.75 Å². The normalized spacial score (nSPS) is 12.3. The molecule has 8 heteroatoms. The molecule has 98 valence electrons. The molecule has 0 heterocycles. The molecule has 0 unspecified atom stereocenters. The topological polar surface area (TPSA) is 33.0 Å². The summed E-state index contributed by atoms with van der Waals surface area (Å²) in [7, 11) is 0. The summed E-state index contributed by atoms with van der Waals surface area (Å²) < 4.78 is 78.3. The summed E-state index contributed by atoms with van der Waals surface area (Å²) in [6.07, 6.45) is -9.62. The average molecular weight is 269 g/mol. The minimum absolute atomic E-state index is 0.135. The maximum atomic E-state index is 12.3. The number of nitrogens with zero attached hydrogens (tertiary/aromatic N) is 1. The van der Waals surface area contributed by atoms with Gasteiger partial charge in [-0.3, -0.25) is 0 Å². The van der Waals surface area contributed by atoms with E-state index in [-0.39, 0.29) is 5.75 Å². The van der Waals surface area contributed by atoms with E-state index in [9.17, 15) is 26.3 Å². The van der Waals surface area contributed by atoms with Crippen LogP contribution in [0.15, 0.2) is 24.3 Å². The summed E-state index contributed by atoms with van der Waals surface area (Å²) in [6.45, 7) is 0. The van der Waals surface area contributed by atoms with Crippen molar-refractivity contribution in [1.82, 2.24) is 0 Å². The molecular formula is C10H5F6NO. The first-order valence-corrected chi connectivity index (χ1v) is 4.45. The summed E-state index contributed by atoms with van der Waals surface area (Å²) in [6, 6.07) is 2.97. The predicted octanol–water partition coefficient (Wildman–Crippen LogP) is 3.75. The highest BCUT2D eigenvalue weighted by atomic mass is 19.4. The standard InChI is InChI=1S/C10H5F6NO/c11-9(12,13)8(10(14,15)16)6-1-3-7(4-2-6)18-5-17/h1-4,8H. The smallest absolute Gasteiger partial charge is 0.388 e. The summed E-state index contributed by atoms with van der Waals surface area (Å²) in [4.78, 5) is 0. The Morgan fingerprint density at radius 3 is 1.72 bits per heavy atom. The van der Waals surface area contributed by atoms with Gasteiger partial charge in [0.15, 0.2) is 5.92 Å². The van der Waals surface area contributed by atoms with Crippen LogP contribution in [0.1, 0.15) is 11.5 Å². The predicted molar refractivity (Wildman–Crippen MR) is 47.5 cm³/mol. The fourth-order valence-corrected chi connectivity index (χ4v) is 1.34. The summed E-state index contributed by atoms with van der Waals surface area (Å²) >= 11 is 0. The van der Waals surface area contributed by atoms with E-state index in [1.54, 1.807) is 0 Å². The zero-order valence-electron chi connectivity index (χ0n) is 8.51. The van der Waals surface area contributed by atoms with Crippen LogP contribution in [0.25, 0.3) is 0 Å². The number of halogens is 6. The lowest BCUT2D eigenvalue weighted by atomic mass is 9.98. The Morgan fingerprint density at radius 2 is 1.39 bits per heavy atom. The molecule has 0 amide bonds. The zero-order valence-corrected chi connectivity index (χ0v) is 8.51. The molecule has 1 aromatic rings. The van der Waals surface area contributed by atoms with Crippen LogP contribution in [-0.2, 0) is 0 Å². The van der Waals surface area contributed by atoms with Crippen molar-refractivity contribution in [3.8, 4) is 12.0 Å². The van der Waals surface area contributed by atoms with Crippen LogP contribution in [-0.4, -0.2) is 12.4 Å². The average Bonchev–Trinajstić information content (AvgIpc) is 2.17. The molecule has 0 aliphatic heterocycles. The van der Waals surface area contributed by atoms with E-state index in [2.05, 4.69) is 4.74 Å². The van der Waals surface area contributed by atoms with Crippen molar-refractivity contribution in [2.24, 2.45) is 0 Å². The third kappa shape index (κ3) is 3.29. The number of nitriles is 1. The van der Waals surface area contributed by atoms with Crippen LogP contribution in [0.5, 0.6) is 5.75 Å². The lowest BCUT2D eigenvalue weighted by Gasteiger charge is -2.23. The third-order valence-electron chi connectivity index (χ3n) is 2.03. The second-order valence-electron chi connectivity index (χ2n) is 3.28. The second kappa shape index (κ2) is 4.76. The lowest BCUT2D eigenvalue weighted by molar-refractivity contribution is -0.253. The summed E-state index contributed by atoms with van der Waals surface area (Å²) in [5.41, 5.74) is -0.958. The molecule has 1 aromatic carbocycles. The molecule has 0 aliphatic carbocycles. The minimum Gasteiger partial charge on any atom is -0.388 e. The van der Waals surface area contributed by atoms with Crippen LogP contribution >= 0.6 is 0 Å². The van der Waals surface area contributed by atoms with Gasteiger partial charge < -0.3 is 4.74 Å². The largest absolute Gasteiger partial charge is 0.404 e. The van der Waals surface area contributed by atoms with Gasteiger partial charge in [-0.25, -0.2) is 0 Å². The van der Waals surface area contributed by atoms with Gasteiger partial charge in [-0.05, 0) is 17.7 Å². The SMILES string of the molecule is N#COc1ccc(C(C(F)(F)F)C(F)(F)F)cc1. The molecule has 1 rings (SSSR count). The van der Waals surface area contributed by atoms with Gasteiger partial charge in [0, 0.05) is 0 Å². The first-order chi connectivity index (χ1) is 8.16. The van der Waals surface area contributed by atoms with Gasteiger partial charge in [-0.2, -0.15) is 26.3 Å². The van der Waals surface area contributed by atoms with Gasteiger partial charge in [0.25, 0.3) is 6.26 Å². The van der Waals surface area contributed by atoms with Gasteiger partial charge in [0.05, 0.1) is 0 Å². The molecule has 0 aliphatic rings. The van der Waals surface area contributed by atoms with E-state index >= 15 is 0 Å². The van der Waals surface area contributed by atoms with Crippen LogP contribution in [0.3, 0.4) is 0 Å². The Kier molecular flexibility index (Phi) is 3.74. The number of ether oxygens (including phenoxy) is 1. The maximum absolute atomic E-state index is 12.3. The second-order valence-corrected chi connectivity index (χ2v) is 3.28. The van der Waals surface area contributed by atoms with Gasteiger partial charge in [-0.1, -0.05) is 12.1 Å². The number of hydrogen-bond donors (Lipinski definition) is 0. The first-order valence-electron chi connectivity index (χ1n) is 4.45. The van der Waals surface area contributed by atoms with Gasteiger partial charge >= 0.3 is 12.4 Å². The third-order valence-corrected chi connectivity index (χ3v) is 2.03. The minimum atomic E-state index is -5.43. The Hall–Kier alpha value is -1.91.